The van der Waals surface area contributed by atoms with Crippen molar-refractivity contribution in [2.75, 3.05) is 9.80 Å². The summed E-state index contributed by atoms with van der Waals surface area (Å²) in [5, 5.41) is 2.23. The van der Waals surface area contributed by atoms with Crippen LogP contribution in [0.1, 0.15) is 58.2 Å². The number of aromatic nitrogens is 4. The Hall–Kier alpha value is -5.00. The third kappa shape index (κ3) is 6.29. The number of fused-ring (bicyclic) bond motifs is 4. The predicted molar refractivity (Wildman–Crippen MR) is 202 cm³/mol. The Kier molecular flexibility index (Phi) is 8.75. The molecule has 7 aromatic rings. The molecule has 8 rings (SSSR count). The third-order valence-corrected chi connectivity index (χ3v) is 9.15. The molecule has 0 radical (unpaired) electrons. The van der Waals surface area contributed by atoms with Crippen LogP contribution in [0.15, 0.2) is 104 Å². The van der Waals surface area contributed by atoms with E-state index in [9.17, 15) is 0 Å². The quantitative estimate of drug-likeness (QED) is 0.161. The molecule has 0 amide bonds. The minimum atomic E-state index is -0.112. The van der Waals surface area contributed by atoms with E-state index in [1.54, 1.807) is 0 Å². The van der Waals surface area contributed by atoms with Gasteiger partial charge in [0.25, 0.3) is 0 Å². The van der Waals surface area contributed by atoms with E-state index in [2.05, 4.69) is 130 Å². The first kappa shape index (κ1) is 34.4. The van der Waals surface area contributed by atoms with Crippen LogP contribution < -0.4 is 14.5 Å². The van der Waals surface area contributed by atoms with E-state index in [1.165, 1.54) is 5.56 Å². The molecule has 0 aliphatic carbocycles. The summed E-state index contributed by atoms with van der Waals surface area (Å²) in [5.41, 5.74) is 7.10. The van der Waals surface area contributed by atoms with E-state index < -0.39 is 0 Å². The van der Waals surface area contributed by atoms with E-state index in [0.717, 1.165) is 61.8 Å². The second kappa shape index (κ2) is 13.0. The zero-order valence-electron chi connectivity index (χ0n) is 29.8. The van der Waals surface area contributed by atoms with Crippen molar-refractivity contribution in [1.82, 2.24) is 19.5 Å². The second-order valence-corrected chi connectivity index (χ2v) is 14.9. The van der Waals surface area contributed by atoms with Gasteiger partial charge in [-0.25, -0.2) is 15.0 Å². The van der Waals surface area contributed by atoms with Crippen LogP contribution in [0.25, 0.3) is 27.6 Å². The van der Waals surface area contributed by atoms with Crippen LogP contribution >= 0.6 is 0 Å². The molecule has 1 aliphatic heterocycles. The topological polar surface area (TPSA) is 59.3 Å². The van der Waals surface area contributed by atoms with Gasteiger partial charge in [0.15, 0.2) is 0 Å². The van der Waals surface area contributed by atoms with Gasteiger partial charge in [-0.15, -0.1) is 48.1 Å². The molecule has 7 nitrogen and oxygen atoms in total. The average Bonchev–Trinajstić information content (AvgIpc) is 3.64. The zero-order valence-corrected chi connectivity index (χ0v) is 32.1. The number of ether oxygens (including phenoxy) is 1. The molecule has 260 valence electrons. The molecule has 0 saturated heterocycles. The van der Waals surface area contributed by atoms with Crippen LogP contribution in [0.3, 0.4) is 0 Å². The fourth-order valence-electron chi connectivity index (χ4n) is 6.58. The summed E-state index contributed by atoms with van der Waals surface area (Å²) in [5.74, 6) is 3.69. The largest absolute Gasteiger partial charge is 0.509 e. The van der Waals surface area contributed by atoms with Gasteiger partial charge in [0.2, 0.25) is 0 Å². The van der Waals surface area contributed by atoms with Gasteiger partial charge in [0.1, 0.15) is 17.5 Å². The number of nitrogens with zero attached hydrogens (tertiary/aromatic N) is 6. The second-order valence-electron chi connectivity index (χ2n) is 14.9. The van der Waals surface area contributed by atoms with Crippen LogP contribution in [0.4, 0.5) is 23.0 Å². The van der Waals surface area contributed by atoms with E-state index in [1.807, 2.05) is 55.6 Å². The molecular weight excluding hydrogens is 812 g/mol. The van der Waals surface area contributed by atoms with Gasteiger partial charge in [-0.1, -0.05) is 71.3 Å². The summed E-state index contributed by atoms with van der Waals surface area (Å²) in [7, 11) is 0. The standard InChI is InChI=1S/C43H39N6O.Pt/c1-28-22-35(43(5,6)7)40(46-26-28)48-27-47(37-16-11-20-45-41(37)48)30-12-10-13-31(24-30)50-32-17-18-34-33-14-8-9-15-36(33)49(38(34)25-32)39-23-29(19-21-44-39)42(2,3)4;/h8-23,26-27H,1-7H3;/q-3;. The number of aryl methyl sites for hydroxylation is 1. The van der Waals surface area contributed by atoms with E-state index >= 15 is 0 Å². The zero-order chi connectivity index (χ0) is 34.8. The van der Waals surface area contributed by atoms with Crippen molar-refractivity contribution in [2.24, 2.45) is 0 Å². The van der Waals surface area contributed by atoms with Gasteiger partial charge in [-0.2, -0.15) is 12.1 Å². The van der Waals surface area contributed by atoms with Gasteiger partial charge in [-0.05, 0) is 70.2 Å². The van der Waals surface area contributed by atoms with Gasteiger partial charge in [0.05, 0.1) is 5.69 Å². The first-order valence-electron chi connectivity index (χ1n) is 16.9. The molecular formula is C43H39N6OPt-3. The molecule has 8 heteroatoms. The molecule has 1 aliphatic rings. The maximum Gasteiger partial charge on any atom is 0.135 e. The summed E-state index contributed by atoms with van der Waals surface area (Å²) in [6, 6.07) is 36.0. The van der Waals surface area contributed by atoms with E-state index in [-0.39, 0.29) is 31.9 Å². The molecule has 51 heavy (non-hydrogen) atoms. The van der Waals surface area contributed by atoms with Crippen LogP contribution in [0, 0.1) is 25.7 Å². The van der Waals surface area contributed by atoms with Gasteiger partial charge >= 0.3 is 0 Å². The van der Waals surface area contributed by atoms with Crippen molar-refractivity contribution in [2.45, 2.75) is 59.3 Å². The van der Waals surface area contributed by atoms with Crippen molar-refractivity contribution in [3.63, 3.8) is 0 Å². The predicted octanol–water partition coefficient (Wildman–Crippen LogP) is 10.7. The molecule has 0 fully saturated rings. The number of rotatable bonds is 5. The van der Waals surface area contributed by atoms with Gasteiger partial charge in [0, 0.05) is 56.7 Å². The number of pyridine rings is 3. The van der Waals surface area contributed by atoms with Gasteiger partial charge < -0.3 is 19.1 Å². The minimum Gasteiger partial charge on any atom is -0.509 e. The van der Waals surface area contributed by atoms with Crippen molar-refractivity contribution in [1.29, 1.82) is 0 Å². The monoisotopic (exact) mass is 850 g/mol. The number of hydrogen-bond donors (Lipinski definition) is 0. The maximum absolute atomic E-state index is 6.50. The van der Waals surface area contributed by atoms with Crippen molar-refractivity contribution in [3.8, 4) is 17.3 Å². The van der Waals surface area contributed by atoms with Crippen molar-refractivity contribution >= 4 is 44.8 Å². The number of para-hydroxylation sites is 1. The summed E-state index contributed by atoms with van der Waals surface area (Å²) in [6.07, 6.45) is 5.62. The van der Waals surface area contributed by atoms with Crippen LogP contribution in [0.2, 0.25) is 0 Å². The van der Waals surface area contributed by atoms with Crippen LogP contribution in [0.5, 0.6) is 11.5 Å². The first-order chi connectivity index (χ1) is 24.0. The number of benzene rings is 3. The molecule has 0 spiro atoms. The van der Waals surface area contributed by atoms with E-state index in [4.69, 9.17) is 19.7 Å². The van der Waals surface area contributed by atoms with E-state index in [0.29, 0.717) is 11.5 Å². The van der Waals surface area contributed by atoms with Crippen molar-refractivity contribution < 1.29 is 25.8 Å². The van der Waals surface area contributed by atoms with Crippen LogP contribution in [-0.4, -0.2) is 19.5 Å². The molecule has 0 N–H and O–H groups in total. The summed E-state index contributed by atoms with van der Waals surface area (Å²) in [4.78, 5) is 18.6. The SMILES string of the molecule is Cc1cnc(N2[CH-]N(c3[c-]c(Oc4[c-]c5c(cc4)c4ccccc4n5-c4cc(C(C)(C)C)ccn4)ccc3)c3cccnc32)c(C(C)(C)C)c1.[Pt]. The minimum absolute atomic E-state index is 0. The normalized spacial score (nSPS) is 13.1. The van der Waals surface area contributed by atoms with Crippen LogP contribution in [-0.2, 0) is 31.9 Å². The molecule has 5 heterocycles. The molecule has 4 aromatic heterocycles. The Labute approximate surface area is 314 Å². The Bertz CT molecular complexity index is 2400. The smallest absolute Gasteiger partial charge is 0.135 e. The molecule has 0 unspecified atom stereocenters. The maximum atomic E-state index is 6.50. The molecule has 0 bridgehead atoms. The van der Waals surface area contributed by atoms with Crippen molar-refractivity contribution in [3.05, 3.63) is 139 Å². The molecule has 0 atom stereocenters. The Balaban J connectivity index is 0.00000406. The number of hydrogen-bond acceptors (Lipinski definition) is 6. The Morgan fingerprint density at radius 2 is 1.49 bits per heavy atom. The Morgan fingerprint density at radius 3 is 2.29 bits per heavy atom. The number of anilines is 4. The summed E-state index contributed by atoms with van der Waals surface area (Å²) < 4.78 is 8.68. The summed E-state index contributed by atoms with van der Waals surface area (Å²) >= 11 is 0. The fourth-order valence-corrected chi connectivity index (χ4v) is 6.58. The fraction of sp³-hybridized carbons (Fsp3) is 0.209. The summed E-state index contributed by atoms with van der Waals surface area (Å²) in [6.45, 7) is 17.4. The molecule has 0 saturated carbocycles. The Morgan fingerprint density at radius 1 is 0.686 bits per heavy atom. The van der Waals surface area contributed by atoms with Gasteiger partial charge in [-0.3, -0.25) is 0 Å². The average molecular weight is 851 g/mol. The third-order valence-electron chi connectivity index (χ3n) is 9.15. The molecule has 3 aromatic carbocycles. The first-order valence-corrected chi connectivity index (χ1v) is 16.9.